The number of halogens is 1. The molecular formula is C16H12ClN3O2. The van der Waals surface area contributed by atoms with Gasteiger partial charge in [0.25, 0.3) is 0 Å². The molecule has 0 bridgehead atoms. The van der Waals surface area contributed by atoms with Crippen molar-refractivity contribution in [1.82, 2.24) is 14.8 Å². The molecular weight excluding hydrogens is 302 g/mol. The van der Waals surface area contributed by atoms with Gasteiger partial charge in [-0.2, -0.15) is 5.10 Å². The smallest absolute Gasteiger partial charge is 0.339 e. The quantitative estimate of drug-likeness (QED) is 0.802. The molecule has 1 N–H and O–H groups in total. The molecule has 0 unspecified atom stereocenters. The molecule has 0 aliphatic rings. The lowest BCUT2D eigenvalue weighted by atomic mass is 10.1. The number of hydrogen-bond acceptors (Lipinski definition) is 3. The number of carboxylic acid groups (broad SMARTS) is 1. The van der Waals surface area contributed by atoms with Crippen molar-refractivity contribution < 1.29 is 9.90 Å². The normalized spacial score (nSPS) is 10.6. The molecule has 6 heteroatoms. The topological polar surface area (TPSA) is 68.0 Å². The van der Waals surface area contributed by atoms with Crippen molar-refractivity contribution in [2.75, 3.05) is 0 Å². The van der Waals surface area contributed by atoms with E-state index in [4.69, 9.17) is 11.6 Å². The highest BCUT2D eigenvalue weighted by Gasteiger charge is 2.23. The van der Waals surface area contributed by atoms with E-state index in [0.717, 1.165) is 0 Å². The Kier molecular flexibility index (Phi) is 3.65. The third kappa shape index (κ3) is 2.46. The van der Waals surface area contributed by atoms with Crippen LogP contribution in [0.15, 0.2) is 48.7 Å². The zero-order valence-corrected chi connectivity index (χ0v) is 12.4. The molecule has 3 rings (SSSR count). The number of carbonyl (C=O) groups is 1. The lowest BCUT2D eigenvalue weighted by molar-refractivity contribution is 0.0697. The second-order valence-electron chi connectivity index (χ2n) is 4.72. The number of aryl methyl sites for hydroxylation is 1. The van der Waals surface area contributed by atoms with Crippen LogP contribution in [0.3, 0.4) is 0 Å². The van der Waals surface area contributed by atoms with Crippen LogP contribution < -0.4 is 0 Å². The number of rotatable bonds is 3. The lowest BCUT2D eigenvalue weighted by Crippen LogP contribution is -2.04. The maximum absolute atomic E-state index is 11.6. The fraction of sp³-hybridized carbons (Fsp3) is 0.0625. The summed E-state index contributed by atoms with van der Waals surface area (Å²) < 4.78 is 1.54. The highest BCUT2D eigenvalue weighted by Crippen LogP contribution is 2.29. The summed E-state index contributed by atoms with van der Waals surface area (Å²) in [4.78, 5) is 15.9. The van der Waals surface area contributed by atoms with E-state index in [-0.39, 0.29) is 5.56 Å². The first-order valence-corrected chi connectivity index (χ1v) is 6.96. The standard InChI is InChI=1S/C16H12ClN3O2/c1-10-14(16(21)22)15(11-5-7-12(17)8-6-11)20(19-10)13-4-2-3-9-18-13/h2-9H,1H3,(H,21,22). The molecule has 0 amide bonds. The molecule has 0 saturated carbocycles. The third-order valence-electron chi connectivity index (χ3n) is 3.26. The van der Waals surface area contributed by atoms with Crippen LogP contribution in [0.25, 0.3) is 17.1 Å². The summed E-state index contributed by atoms with van der Waals surface area (Å²) in [6.07, 6.45) is 1.64. The average Bonchev–Trinajstić information content (AvgIpc) is 2.86. The predicted molar refractivity (Wildman–Crippen MR) is 83.5 cm³/mol. The Morgan fingerprint density at radius 1 is 1.18 bits per heavy atom. The molecule has 22 heavy (non-hydrogen) atoms. The monoisotopic (exact) mass is 313 g/mol. The first-order valence-electron chi connectivity index (χ1n) is 6.58. The number of hydrogen-bond donors (Lipinski definition) is 1. The van der Waals surface area contributed by atoms with Crippen LogP contribution in [0, 0.1) is 6.92 Å². The van der Waals surface area contributed by atoms with Crippen molar-refractivity contribution in [3.63, 3.8) is 0 Å². The van der Waals surface area contributed by atoms with Gasteiger partial charge in [0.15, 0.2) is 5.82 Å². The van der Waals surface area contributed by atoms with E-state index in [1.165, 1.54) is 0 Å². The van der Waals surface area contributed by atoms with Crippen molar-refractivity contribution in [1.29, 1.82) is 0 Å². The van der Waals surface area contributed by atoms with Crippen LogP contribution in [0.1, 0.15) is 16.1 Å². The highest BCUT2D eigenvalue weighted by molar-refractivity contribution is 6.30. The summed E-state index contributed by atoms with van der Waals surface area (Å²) in [6.45, 7) is 1.67. The van der Waals surface area contributed by atoms with Gasteiger partial charge in [-0.3, -0.25) is 0 Å². The fourth-order valence-corrected chi connectivity index (χ4v) is 2.43. The molecule has 0 fully saturated rings. The molecule has 0 aliphatic carbocycles. The van der Waals surface area contributed by atoms with Crippen LogP contribution in [0.4, 0.5) is 0 Å². The van der Waals surface area contributed by atoms with Crippen LogP contribution in [-0.4, -0.2) is 25.8 Å². The molecule has 110 valence electrons. The summed E-state index contributed by atoms with van der Waals surface area (Å²) >= 11 is 5.91. The Morgan fingerprint density at radius 2 is 1.91 bits per heavy atom. The van der Waals surface area contributed by atoms with Crippen LogP contribution in [0.2, 0.25) is 5.02 Å². The maximum atomic E-state index is 11.6. The van der Waals surface area contributed by atoms with Gasteiger partial charge in [-0.15, -0.1) is 0 Å². The number of pyridine rings is 1. The van der Waals surface area contributed by atoms with Crippen molar-refractivity contribution in [3.8, 4) is 17.1 Å². The minimum absolute atomic E-state index is 0.160. The molecule has 0 atom stereocenters. The van der Waals surface area contributed by atoms with Crippen molar-refractivity contribution in [2.45, 2.75) is 6.92 Å². The van der Waals surface area contributed by atoms with E-state index in [1.54, 1.807) is 54.2 Å². The second-order valence-corrected chi connectivity index (χ2v) is 5.16. The molecule has 5 nitrogen and oxygen atoms in total. The summed E-state index contributed by atoms with van der Waals surface area (Å²) in [6, 6.07) is 12.4. The third-order valence-corrected chi connectivity index (χ3v) is 3.51. The molecule has 3 aromatic rings. The minimum Gasteiger partial charge on any atom is -0.478 e. The molecule has 0 radical (unpaired) electrons. The van der Waals surface area contributed by atoms with Gasteiger partial charge in [0.1, 0.15) is 5.56 Å². The molecule has 0 saturated heterocycles. The van der Waals surface area contributed by atoms with Crippen molar-refractivity contribution in [3.05, 3.63) is 64.9 Å². The molecule has 1 aromatic carbocycles. The summed E-state index contributed by atoms with van der Waals surface area (Å²) in [5, 5.41) is 14.4. The van der Waals surface area contributed by atoms with E-state index in [2.05, 4.69) is 10.1 Å². The molecule has 0 aliphatic heterocycles. The van der Waals surface area contributed by atoms with E-state index < -0.39 is 5.97 Å². The van der Waals surface area contributed by atoms with Crippen LogP contribution in [-0.2, 0) is 0 Å². The zero-order chi connectivity index (χ0) is 15.7. The Bertz CT molecular complexity index is 827. The van der Waals surface area contributed by atoms with Gasteiger partial charge >= 0.3 is 5.97 Å². The number of aromatic nitrogens is 3. The first-order chi connectivity index (χ1) is 10.6. The maximum Gasteiger partial charge on any atom is 0.339 e. The minimum atomic E-state index is -1.02. The number of benzene rings is 1. The van der Waals surface area contributed by atoms with Gasteiger partial charge in [-0.05, 0) is 31.2 Å². The second kappa shape index (κ2) is 5.61. The van der Waals surface area contributed by atoms with E-state index in [1.807, 2.05) is 6.07 Å². The Labute approximate surface area is 131 Å². The van der Waals surface area contributed by atoms with Gasteiger partial charge in [0.2, 0.25) is 0 Å². The Balaban J connectivity index is 2.30. The number of nitrogens with zero attached hydrogens (tertiary/aromatic N) is 3. The SMILES string of the molecule is Cc1nn(-c2ccccn2)c(-c2ccc(Cl)cc2)c1C(=O)O. The molecule has 2 aromatic heterocycles. The Morgan fingerprint density at radius 3 is 2.50 bits per heavy atom. The largest absolute Gasteiger partial charge is 0.478 e. The summed E-state index contributed by atoms with van der Waals surface area (Å²) in [5.74, 6) is -0.465. The number of carboxylic acids is 1. The highest BCUT2D eigenvalue weighted by atomic mass is 35.5. The predicted octanol–water partition coefficient (Wildman–Crippen LogP) is 3.59. The average molecular weight is 314 g/mol. The Hall–Kier alpha value is -2.66. The van der Waals surface area contributed by atoms with Crippen molar-refractivity contribution in [2.24, 2.45) is 0 Å². The first kappa shape index (κ1) is 14.3. The van der Waals surface area contributed by atoms with Crippen LogP contribution >= 0.6 is 11.6 Å². The fourth-order valence-electron chi connectivity index (χ4n) is 2.30. The van der Waals surface area contributed by atoms with E-state index in [0.29, 0.717) is 27.8 Å². The van der Waals surface area contributed by atoms with Gasteiger partial charge in [0, 0.05) is 16.8 Å². The van der Waals surface area contributed by atoms with E-state index >= 15 is 0 Å². The summed E-state index contributed by atoms with van der Waals surface area (Å²) in [5.41, 5.74) is 1.80. The van der Waals surface area contributed by atoms with Gasteiger partial charge in [0.05, 0.1) is 11.4 Å². The van der Waals surface area contributed by atoms with Gasteiger partial charge < -0.3 is 5.11 Å². The van der Waals surface area contributed by atoms with Gasteiger partial charge in [-0.25, -0.2) is 14.5 Å². The van der Waals surface area contributed by atoms with Crippen molar-refractivity contribution >= 4 is 17.6 Å². The number of aromatic carboxylic acids is 1. The van der Waals surface area contributed by atoms with Crippen LogP contribution in [0.5, 0.6) is 0 Å². The molecule has 2 heterocycles. The lowest BCUT2D eigenvalue weighted by Gasteiger charge is -2.08. The zero-order valence-electron chi connectivity index (χ0n) is 11.7. The van der Waals surface area contributed by atoms with E-state index in [9.17, 15) is 9.90 Å². The summed E-state index contributed by atoms with van der Waals surface area (Å²) in [7, 11) is 0. The van der Waals surface area contributed by atoms with Gasteiger partial charge in [-0.1, -0.05) is 29.8 Å². The molecule has 0 spiro atoms.